The van der Waals surface area contributed by atoms with Crippen molar-refractivity contribution in [1.29, 1.82) is 0 Å². The molecule has 4 nitrogen and oxygen atoms in total. The van der Waals surface area contributed by atoms with Crippen molar-refractivity contribution in [2.45, 2.75) is 19.3 Å². The van der Waals surface area contributed by atoms with Crippen LogP contribution in [0.15, 0.2) is 54.6 Å². The number of benzene rings is 3. The van der Waals surface area contributed by atoms with E-state index in [9.17, 15) is 0 Å². The van der Waals surface area contributed by atoms with Crippen molar-refractivity contribution in [1.82, 2.24) is 0 Å². The molecule has 154 valence electrons. The van der Waals surface area contributed by atoms with Gasteiger partial charge in [-0.25, -0.2) is 0 Å². The van der Waals surface area contributed by atoms with Gasteiger partial charge in [-0.3, -0.25) is 0 Å². The van der Waals surface area contributed by atoms with E-state index in [4.69, 9.17) is 14.2 Å². The molecule has 1 aliphatic rings. The minimum absolute atomic E-state index is 0.123. The smallest absolute Gasteiger partial charge is 0.210 e. The molecule has 1 heterocycles. The maximum atomic E-state index is 5.50. The first-order valence-corrected chi connectivity index (χ1v) is 10.0. The number of ether oxygens (including phenoxy) is 3. The van der Waals surface area contributed by atoms with Crippen LogP contribution in [0.25, 0.3) is 16.8 Å². The minimum Gasteiger partial charge on any atom is -0.493 e. The van der Waals surface area contributed by atoms with Gasteiger partial charge in [0.1, 0.15) is 7.05 Å². The Morgan fingerprint density at radius 1 is 0.833 bits per heavy atom. The molecule has 0 atom stereocenters. The van der Waals surface area contributed by atoms with E-state index in [1.54, 1.807) is 21.3 Å². The first-order chi connectivity index (χ1) is 14.4. The topological polar surface area (TPSA) is 30.7 Å². The average Bonchev–Trinajstić information content (AvgIpc) is 2.96. The number of rotatable bonds is 5. The van der Waals surface area contributed by atoms with Gasteiger partial charge < -0.3 is 14.2 Å². The molecule has 0 saturated heterocycles. The van der Waals surface area contributed by atoms with Crippen molar-refractivity contribution in [2.24, 2.45) is 0 Å². The minimum atomic E-state index is -0.123. The molecule has 0 N–H and O–H groups in total. The van der Waals surface area contributed by atoms with Crippen molar-refractivity contribution >= 4 is 28.2 Å². The number of hydrogen-bond donors (Lipinski definition) is 0. The van der Waals surface area contributed by atoms with Gasteiger partial charge in [0.15, 0.2) is 17.2 Å². The number of fused-ring (bicyclic) bond motifs is 3. The predicted octanol–water partition coefficient (Wildman–Crippen LogP) is 5.59. The molecule has 0 saturated carbocycles. The molecule has 4 rings (SSSR count). The van der Waals surface area contributed by atoms with Crippen LogP contribution in [-0.2, 0) is 5.41 Å². The zero-order valence-corrected chi connectivity index (χ0v) is 18.4. The summed E-state index contributed by atoms with van der Waals surface area (Å²) < 4.78 is 18.7. The summed E-state index contributed by atoms with van der Waals surface area (Å²) in [7, 11) is 7.02. The van der Waals surface area contributed by atoms with E-state index in [-0.39, 0.29) is 5.41 Å². The second-order valence-corrected chi connectivity index (χ2v) is 8.04. The molecule has 0 aliphatic carbocycles. The molecule has 0 aromatic heterocycles. The lowest BCUT2D eigenvalue weighted by Crippen LogP contribution is -2.26. The second kappa shape index (κ2) is 7.52. The Balaban J connectivity index is 1.79. The van der Waals surface area contributed by atoms with Crippen molar-refractivity contribution in [3.63, 3.8) is 0 Å². The Morgan fingerprint density at radius 2 is 1.50 bits per heavy atom. The lowest BCUT2D eigenvalue weighted by Gasteiger charge is -2.17. The third-order valence-corrected chi connectivity index (χ3v) is 6.02. The fourth-order valence-corrected chi connectivity index (χ4v) is 4.57. The maximum Gasteiger partial charge on any atom is 0.210 e. The summed E-state index contributed by atoms with van der Waals surface area (Å²) in [4.78, 5) is 0. The largest absolute Gasteiger partial charge is 0.493 e. The molecule has 0 unspecified atom stereocenters. The summed E-state index contributed by atoms with van der Waals surface area (Å²) in [5.41, 5.74) is 4.72. The fraction of sp³-hybridized carbons (Fsp3) is 0.269. The normalized spacial score (nSPS) is 15.0. The summed E-state index contributed by atoms with van der Waals surface area (Å²) in [6.07, 6.45) is 4.29. The van der Waals surface area contributed by atoms with E-state index in [1.165, 1.54) is 27.7 Å². The van der Waals surface area contributed by atoms with Crippen LogP contribution in [0, 0.1) is 0 Å². The van der Waals surface area contributed by atoms with Gasteiger partial charge in [-0.1, -0.05) is 24.3 Å². The molecule has 1 aliphatic heterocycles. The van der Waals surface area contributed by atoms with Gasteiger partial charge in [-0.2, -0.15) is 4.58 Å². The first kappa shape index (κ1) is 20.0. The van der Waals surface area contributed by atoms with Crippen LogP contribution in [0.4, 0.5) is 5.69 Å². The summed E-state index contributed by atoms with van der Waals surface area (Å²) in [6.45, 7) is 4.58. The van der Waals surface area contributed by atoms with Crippen molar-refractivity contribution < 1.29 is 18.8 Å². The van der Waals surface area contributed by atoms with Gasteiger partial charge in [-0.15, -0.1) is 0 Å². The lowest BCUT2D eigenvalue weighted by atomic mass is 9.79. The van der Waals surface area contributed by atoms with Crippen LogP contribution in [-0.4, -0.2) is 38.7 Å². The Bertz CT molecular complexity index is 1160. The zero-order chi connectivity index (χ0) is 21.5. The molecule has 30 heavy (non-hydrogen) atoms. The molecule has 0 fully saturated rings. The van der Waals surface area contributed by atoms with Crippen molar-refractivity contribution in [3.8, 4) is 17.2 Å². The number of nitrogens with zero attached hydrogens (tertiary/aromatic N) is 1. The SMILES string of the molecule is COc1cc(/C=C/C2=[N+](C)c3ccc4ccccc4c3C2(C)C)cc(OC)c1OC. The third kappa shape index (κ3) is 3.04. The fourth-order valence-electron chi connectivity index (χ4n) is 4.57. The second-order valence-electron chi connectivity index (χ2n) is 8.04. The standard InChI is InChI=1S/C26H28NO3/c1-26(2)23(14-11-17-15-21(28-4)25(30-6)22(16-17)29-5)27(3)20-13-12-18-9-7-8-10-19(18)24(20)26/h7-16H,1-6H3/q+1/b14-11+. The van der Waals surface area contributed by atoms with E-state index < -0.39 is 0 Å². The molecule has 3 aromatic rings. The predicted molar refractivity (Wildman–Crippen MR) is 123 cm³/mol. The molecular weight excluding hydrogens is 374 g/mol. The van der Waals surface area contributed by atoms with Gasteiger partial charge in [-0.05, 0) is 54.5 Å². The van der Waals surface area contributed by atoms with Gasteiger partial charge in [0.2, 0.25) is 11.4 Å². The van der Waals surface area contributed by atoms with Crippen LogP contribution in [0.1, 0.15) is 25.0 Å². The number of methoxy groups -OCH3 is 3. The Morgan fingerprint density at radius 3 is 2.13 bits per heavy atom. The van der Waals surface area contributed by atoms with E-state index in [1.807, 2.05) is 12.1 Å². The highest BCUT2D eigenvalue weighted by molar-refractivity contribution is 6.09. The Hall–Kier alpha value is -3.27. The van der Waals surface area contributed by atoms with E-state index >= 15 is 0 Å². The molecule has 0 amide bonds. The maximum absolute atomic E-state index is 5.50. The summed E-state index contributed by atoms with van der Waals surface area (Å²) in [6, 6.07) is 16.9. The quantitative estimate of drug-likeness (QED) is 0.522. The van der Waals surface area contributed by atoms with Crippen LogP contribution in [0.5, 0.6) is 17.2 Å². The summed E-state index contributed by atoms with van der Waals surface area (Å²) >= 11 is 0. The zero-order valence-electron chi connectivity index (χ0n) is 18.4. The number of hydrogen-bond acceptors (Lipinski definition) is 3. The highest BCUT2D eigenvalue weighted by atomic mass is 16.5. The van der Waals surface area contributed by atoms with Crippen LogP contribution >= 0.6 is 0 Å². The van der Waals surface area contributed by atoms with Crippen LogP contribution < -0.4 is 14.2 Å². The molecule has 0 bridgehead atoms. The summed E-state index contributed by atoms with van der Waals surface area (Å²) in [5.74, 6) is 1.90. The highest BCUT2D eigenvalue weighted by Gasteiger charge is 2.44. The van der Waals surface area contributed by atoms with E-state index in [2.05, 4.69) is 74.0 Å². The highest BCUT2D eigenvalue weighted by Crippen LogP contribution is 2.44. The van der Waals surface area contributed by atoms with E-state index in [0.717, 1.165) is 5.56 Å². The van der Waals surface area contributed by atoms with Crippen molar-refractivity contribution in [3.05, 3.63) is 65.7 Å². The monoisotopic (exact) mass is 402 g/mol. The van der Waals surface area contributed by atoms with Crippen LogP contribution in [0.3, 0.4) is 0 Å². The average molecular weight is 403 g/mol. The van der Waals surface area contributed by atoms with Gasteiger partial charge in [0.05, 0.1) is 26.7 Å². The Labute approximate surface area is 178 Å². The molecule has 3 aromatic carbocycles. The van der Waals surface area contributed by atoms with Gasteiger partial charge in [0.25, 0.3) is 0 Å². The molecule has 0 radical (unpaired) electrons. The lowest BCUT2D eigenvalue weighted by molar-refractivity contribution is -0.401. The first-order valence-electron chi connectivity index (χ1n) is 10.0. The van der Waals surface area contributed by atoms with Gasteiger partial charge in [0, 0.05) is 17.7 Å². The van der Waals surface area contributed by atoms with Gasteiger partial charge >= 0.3 is 0 Å². The Kier molecular flexibility index (Phi) is 5.02. The van der Waals surface area contributed by atoms with Crippen LogP contribution in [0.2, 0.25) is 0 Å². The molecule has 4 heteroatoms. The molecule has 0 spiro atoms. The summed E-state index contributed by atoms with van der Waals surface area (Å²) in [5, 5.41) is 2.58. The van der Waals surface area contributed by atoms with E-state index in [0.29, 0.717) is 17.2 Å². The molecular formula is C26H28NO3+. The number of allylic oxidation sites excluding steroid dienone is 1. The third-order valence-electron chi connectivity index (χ3n) is 6.02. The van der Waals surface area contributed by atoms with Crippen molar-refractivity contribution in [2.75, 3.05) is 28.4 Å².